The number of aldehydes is 1. The van der Waals surface area contributed by atoms with Crippen molar-refractivity contribution in [1.29, 1.82) is 0 Å². The topological polar surface area (TPSA) is 60.7 Å². The molecule has 0 amide bonds. The second-order valence-electron chi connectivity index (χ2n) is 6.18. The fourth-order valence-electron chi connectivity index (χ4n) is 3.27. The van der Waals surface area contributed by atoms with Gasteiger partial charge in [-0.3, -0.25) is 9.78 Å². The Bertz CT molecular complexity index is 1100. The van der Waals surface area contributed by atoms with Crippen LogP contribution in [0.15, 0.2) is 55.0 Å². The van der Waals surface area contributed by atoms with Gasteiger partial charge in [-0.25, -0.2) is 9.67 Å². The normalized spacial score (nSPS) is 11.0. The van der Waals surface area contributed by atoms with Crippen LogP contribution in [0.2, 0.25) is 0 Å². The first-order chi connectivity index (χ1) is 12.7. The monoisotopic (exact) mass is 342 g/mol. The molecule has 0 aliphatic heterocycles. The SMILES string of the molecule is CCn1ncc2c(-c3cncc(C)c3)c(C=O)c(-c3ccccc3)nc21. The summed E-state index contributed by atoms with van der Waals surface area (Å²) < 4.78 is 1.85. The lowest BCUT2D eigenvalue weighted by atomic mass is 9.95. The molecule has 1 aromatic carbocycles. The molecular weight excluding hydrogens is 324 g/mol. The Hall–Kier alpha value is -3.34. The van der Waals surface area contributed by atoms with Gasteiger partial charge in [-0.15, -0.1) is 0 Å². The van der Waals surface area contributed by atoms with Gasteiger partial charge in [0.15, 0.2) is 11.9 Å². The number of hydrogen-bond donors (Lipinski definition) is 0. The van der Waals surface area contributed by atoms with Crippen molar-refractivity contribution in [2.24, 2.45) is 0 Å². The van der Waals surface area contributed by atoms with Crippen LogP contribution in [0.25, 0.3) is 33.4 Å². The summed E-state index contributed by atoms with van der Waals surface area (Å²) in [7, 11) is 0. The molecule has 0 radical (unpaired) electrons. The van der Waals surface area contributed by atoms with Crippen molar-refractivity contribution in [3.05, 3.63) is 66.1 Å². The van der Waals surface area contributed by atoms with Gasteiger partial charge in [0.2, 0.25) is 0 Å². The number of pyridine rings is 2. The van der Waals surface area contributed by atoms with E-state index in [1.807, 2.05) is 54.9 Å². The molecule has 3 heterocycles. The lowest BCUT2D eigenvalue weighted by Gasteiger charge is -2.13. The molecule has 0 saturated heterocycles. The highest BCUT2D eigenvalue weighted by Gasteiger charge is 2.20. The predicted octanol–water partition coefficient (Wildman–Crippen LogP) is 4.30. The number of hydrogen-bond acceptors (Lipinski definition) is 4. The van der Waals surface area contributed by atoms with Gasteiger partial charge in [0.05, 0.1) is 11.9 Å². The maximum Gasteiger partial charge on any atom is 0.159 e. The molecule has 0 aliphatic rings. The second kappa shape index (κ2) is 6.52. The minimum absolute atomic E-state index is 0.562. The molecule has 0 N–H and O–H groups in total. The van der Waals surface area contributed by atoms with E-state index in [2.05, 4.69) is 10.1 Å². The number of rotatable bonds is 4. The van der Waals surface area contributed by atoms with E-state index < -0.39 is 0 Å². The number of fused-ring (bicyclic) bond motifs is 1. The molecule has 0 spiro atoms. The highest BCUT2D eigenvalue weighted by molar-refractivity contribution is 6.06. The number of benzene rings is 1. The van der Waals surface area contributed by atoms with Crippen LogP contribution in [0, 0.1) is 6.92 Å². The van der Waals surface area contributed by atoms with Crippen molar-refractivity contribution in [3.63, 3.8) is 0 Å². The van der Waals surface area contributed by atoms with Crippen LogP contribution < -0.4 is 0 Å². The molecule has 0 fully saturated rings. The summed E-state index contributed by atoms with van der Waals surface area (Å²) in [6, 6.07) is 11.8. The van der Waals surface area contributed by atoms with Crippen molar-refractivity contribution in [2.45, 2.75) is 20.4 Å². The Morgan fingerprint density at radius 1 is 1.08 bits per heavy atom. The van der Waals surface area contributed by atoms with E-state index in [0.717, 1.165) is 39.6 Å². The first-order valence-electron chi connectivity index (χ1n) is 8.55. The number of carbonyl (C=O) groups excluding carboxylic acids is 1. The summed E-state index contributed by atoms with van der Waals surface area (Å²) in [6.07, 6.45) is 6.25. The largest absolute Gasteiger partial charge is 0.298 e. The minimum atomic E-state index is 0.562. The molecule has 4 aromatic rings. The maximum atomic E-state index is 12.1. The molecule has 5 nitrogen and oxygen atoms in total. The van der Waals surface area contributed by atoms with Gasteiger partial charge in [-0.05, 0) is 25.5 Å². The van der Waals surface area contributed by atoms with Gasteiger partial charge in [0.25, 0.3) is 0 Å². The summed E-state index contributed by atoms with van der Waals surface area (Å²) in [6.45, 7) is 4.72. The Morgan fingerprint density at radius 3 is 2.58 bits per heavy atom. The van der Waals surface area contributed by atoms with E-state index >= 15 is 0 Å². The molecule has 5 heteroatoms. The van der Waals surface area contributed by atoms with Gasteiger partial charge < -0.3 is 0 Å². The molecule has 3 aromatic heterocycles. The average Bonchev–Trinajstić information content (AvgIpc) is 3.09. The van der Waals surface area contributed by atoms with Crippen LogP contribution in [-0.4, -0.2) is 26.0 Å². The Balaban J connectivity index is 2.14. The molecule has 128 valence electrons. The standard InChI is InChI=1S/C21H18N4O/c1-3-25-21-17(12-23-25)19(16-9-14(2)10-22-11-16)18(13-26)20(24-21)15-7-5-4-6-8-15/h4-13H,3H2,1-2H3. The van der Waals surface area contributed by atoms with Crippen LogP contribution in [0.3, 0.4) is 0 Å². The van der Waals surface area contributed by atoms with Gasteiger partial charge in [-0.2, -0.15) is 5.10 Å². The molecule has 0 atom stereocenters. The van der Waals surface area contributed by atoms with Crippen molar-refractivity contribution in [1.82, 2.24) is 19.7 Å². The highest BCUT2D eigenvalue weighted by atomic mass is 16.1. The van der Waals surface area contributed by atoms with Crippen LogP contribution in [0.4, 0.5) is 0 Å². The number of carbonyl (C=O) groups is 1. The predicted molar refractivity (Wildman–Crippen MR) is 102 cm³/mol. The quantitative estimate of drug-likeness (QED) is 0.519. The van der Waals surface area contributed by atoms with Gasteiger partial charge in [0, 0.05) is 46.6 Å². The summed E-state index contributed by atoms with van der Waals surface area (Å²) in [5, 5.41) is 5.31. The molecular formula is C21H18N4O. The van der Waals surface area contributed by atoms with Crippen molar-refractivity contribution >= 4 is 17.3 Å². The summed E-state index contributed by atoms with van der Waals surface area (Å²) >= 11 is 0. The van der Waals surface area contributed by atoms with E-state index in [0.29, 0.717) is 17.8 Å². The van der Waals surface area contributed by atoms with E-state index in [1.54, 1.807) is 18.6 Å². The summed E-state index contributed by atoms with van der Waals surface area (Å²) in [5.74, 6) is 0. The Labute approximate surface area is 151 Å². The third-order valence-electron chi connectivity index (χ3n) is 4.45. The lowest BCUT2D eigenvalue weighted by molar-refractivity contribution is 0.112. The first-order valence-corrected chi connectivity index (χ1v) is 8.55. The zero-order chi connectivity index (χ0) is 18.1. The summed E-state index contributed by atoms with van der Waals surface area (Å²) in [5.41, 5.74) is 5.67. The third-order valence-corrected chi connectivity index (χ3v) is 4.45. The van der Waals surface area contributed by atoms with Crippen molar-refractivity contribution in [3.8, 4) is 22.4 Å². The average molecular weight is 342 g/mol. The summed E-state index contributed by atoms with van der Waals surface area (Å²) in [4.78, 5) is 21.2. The van der Waals surface area contributed by atoms with E-state index in [1.165, 1.54) is 0 Å². The van der Waals surface area contributed by atoms with Crippen LogP contribution >= 0.6 is 0 Å². The fourth-order valence-corrected chi connectivity index (χ4v) is 3.27. The third kappa shape index (κ3) is 2.58. The molecule has 26 heavy (non-hydrogen) atoms. The minimum Gasteiger partial charge on any atom is -0.298 e. The van der Waals surface area contributed by atoms with E-state index in [-0.39, 0.29) is 0 Å². The van der Waals surface area contributed by atoms with Crippen molar-refractivity contribution in [2.75, 3.05) is 0 Å². The van der Waals surface area contributed by atoms with Crippen LogP contribution in [-0.2, 0) is 6.54 Å². The fraction of sp³-hybridized carbons (Fsp3) is 0.143. The number of nitrogens with zero attached hydrogens (tertiary/aromatic N) is 4. The zero-order valence-electron chi connectivity index (χ0n) is 14.7. The van der Waals surface area contributed by atoms with Gasteiger partial charge >= 0.3 is 0 Å². The highest BCUT2D eigenvalue weighted by Crippen LogP contribution is 2.36. The lowest BCUT2D eigenvalue weighted by Crippen LogP contribution is -2.02. The Kier molecular flexibility index (Phi) is 4.05. The van der Waals surface area contributed by atoms with Gasteiger partial charge in [-0.1, -0.05) is 30.3 Å². The number of aryl methyl sites for hydroxylation is 2. The molecule has 4 rings (SSSR count). The van der Waals surface area contributed by atoms with Crippen LogP contribution in [0.1, 0.15) is 22.8 Å². The van der Waals surface area contributed by atoms with Crippen LogP contribution in [0.5, 0.6) is 0 Å². The first kappa shape index (κ1) is 16.1. The van der Waals surface area contributed by atoms with Gasteiger partial charge in [0.1, 0.15) is 0 Å². The Morgan fingerprint density at radius 2 is 1.88 bits per heavy atom. The van der Waals surface area contributed by atoms with E-state index in [9.17, 15) is 4.79 Å². The van der Waals surface area contributed by atoms with E-state index in [4.69, 9.17) is 4.98 Å². The number of aromatic nitrogens is 4. The maximum absolute atomic E-state index is 12.1. The molecule has 0 bridgehead atoms. The molecule has 0 unspecified atom stereocenters. The zero-order valence-corrected chi connectivity index (χ0v) is 14.7. The molecule has 0 aliphatic carbocycles. The smallest absolute Gasteiger partial charge is 0.159 e. The molecule has 0 saturated carbocycles. The second-order valence-corrected chi connectivity index (χ2v) is 6.18. The van der Waals surface area contributed by atoms with Crippen molar-refractivity contribution < 1.29 is 4.79 Å².